The van der Waals surface area contributed by atoms with Crippen molar-refractivity contribution in [3.8, 4) is 22.6 Å². The van der Waals surface area contributed by atoms with Crippen molar-refractivity contribution in [3.05, 3.63) is 78.1 Å². The lowest BCUT2D eigenvalue weighted by atomic mass is 9.96. The van der Waals surface area contributed by atoms with Gasteiger partial charge in [0.25, 0.3) is 0 Å². The number of aryl methyl sites for hydroxylation is 1. The van der Waals surface area contributed by atoms with E-state index in [0.717, 1.165) is 55.1 Å². The Bertz CT molecular complexity index is 1400. The highest BCUT2D eigenvalue weighted by Gasteiger charge is 2.20. The molecule has 0 fully saturated rings. The standard InChI is InChI=1S/C29H29NO4S/c1-6-33-28-19(3)29-22(23(17-34-29)20-11-7-9-13-25(20)32-4)16-21(28)18(2)15-27(31)30-24-12-8-10-14-26(24)35-5/h7-17H,6H2,1-5H3,(H,30,31)/b18-15+. The number of amides is 1. The molecule has 0 aliphatic rings. The molecular formula is C29H29NO4S. The van der Waals surface area contributed by atoms with Gasteiger partial charge in [0, 0.05) is 38.6 Å². The van der Waals surface area contributed by atoms with Gasteiger partial charge in [-0.1, -0.05) is 30.3 Å². The van der Waals surface area contributed by atoms with Crippen molar-refractivity contribution in [2.75, 3.05) is 25.3 Å². The summed E-state index contributed by atoms with van der Waals surface area (Å²) in [4.78, 5) is 13.9. The lowest BCUT2D eigenvalue weighted by Crippen LogP contribution is -2.09. The van der Waals surface area contributed by atoms with Gasteiger partial charge in [0.1, 0.15) is 17.1 Å². The molecular weight excluding hydrogens is 458 g/mol. The van der Waals surface area contributed by atoms with Crippen molar-refractivity contribution in [1.29, 1.82) is 0 Å². The van der Waals surface area contributed by atoms with E-state index < -0.39 is 0 Å². The SMILES string of the molecule is CCOc1c(/C(C)=C/C(=O)Nc2ccccc2SC)cc2c(-c3ccccc3OC)coc2c1C. The summed E-state index contributed by atoms with van der Waals surface area (Å²) in [7, 11) is 1.66. The number of nitrogens with one attached hydrogen (secondary N) is 1. The van der Waals surface area contributed by atoms with Crippen molar-refractivity contribution < 1.29 is 18.7 Å². The van der Waals surface area contributed by atoms with Crippen LogP contribution < -0.4 is 14.8 Å². The van der Waals surface area contributed by atoms with Crippen LogP contribution in [-0.4, -0.2) is 25.9 Å². The maximum absolute atomic E-state index is 12.9. The predicted molar refractivity (Wildman–Crippen MR) is 145 cm³/mol. The van der Waals surface area contributed by atoms with Gasteiger partial charge in [0.15, 0.2) is 0 Å². The summed E-state index contributed by atoms with van der Waals surface area (Å²) in [6.45, 7) is 6.35. The van der Waals surface area contributed by atoms with Crippen molar-refractivity contribution in [3.63, 3.8) is 0 Å². The minimum atomic E-state index is -0.193. The van der Waals surface area contributed by atoms with Gasteiger partial charge in [-0.2, -0.15) is 0 Å². The summed E-state index contributed by atoms with van der Waals surface area (Å²) in [5.41, 5.74) is 5.95. The van der Waals surface area contributed by atoms with Gasteiger partial charge in [0.05, 0.1) is 25.7 Å². The molecule has 1 aromatic heterocycles. The Balaban J connectivity index is 1.80. The topological polar surface area (TPSA) is 60.7 Å². The van der Waals surface area contributed by atoms with Crippen molar-refractivity contribution >= 4 is 39.9 Å². The molecule has 5 nitrogen and oxygen atoms in total. The normalized spacial score (nSPS) is 11.5. The Morgan fingerprint density at radius 2 is 1.86 bits per heavy atom. The number of allylic oxidation sites excluding steroid dienone is 1. The maximum Gasteiger partial charge on any atom is 0.248 e. The number of ether oxygens (including phenoxy) is 2. The molecule has 3 aromatic carbocycles. The van der Waals surface area contributed by atoms with Crippen molar-refractivity contribution in [2.24, 2.45) is 0 Å². The Morgan fingerprint density at radius 3 is 2.60 bits per heavy atom. The lowest BCUT2D eigenvalue weighted by molar-refractivity contribution is -0.111. The largest absolute Gasteiger partial charge is 0.496 e. The third-order valence-electron chi connectivity index (χ3n) is 5.87. The number of fused-ring (bicyclic) bond motifs is 1. The van der Waals surface area contributed by atoms with E-state index in [2.05, 4.69) is 5.32 Å². The van der Waals surface area contributed by atoms with Crippen LogP contribution in [0.4, 0.5) is 5.69 Å². The molecule has 4 rings (SSSR count). The summed E-state index contributed by atoms with van der Waals surface area (Å²) in [5.74, 6) is 1.29. The van der Waals surface area contributed by atoms with Crippen LogP contribution in [0.5, 0.6) is 11.5 Å². The first-order valence-corrected chi connectivity index (χ1v) is 12.6. The van der Waals surface area contributed by atoms with Crippen molar-refractivity contribution in [2.45, 2.75) is 25.7 Å². The van der Waals surface area contributed by atoms with E-state index in [1.165, 1.54) is 0 Å². The minimum Gasteiger partial charge on any atom is -0.496 e. The quantitative estimate of drug-likeness (QED) is 0.205. The number of furan rings is 1. The molecule has 0 aliphatic heterocycles. The first-order valence-electron chi connectivity index (χ1n) is 11.4. The summed E-state index contributed by atoms with van der Waals surface area (Å²) in [6, 6.07) is 17.6. The van der Waals surface area contributed by atoms with Crippen LogP contribution in [0.1, 0.15) is 25.0 Å². The molecule has 1 amide bonds. The van der Waals surface area contributed by atoms with E-state index in [4.69, 9.17) is 13.9 Å². The fourth-order valence-electron chi connectivity index (χ4n) is 4.21. The summed E-state index contributed by atoms with van der Waals surface area (Å²) < 4.78 is 17.6. The fourth-order valence-corrected chi connectivity index (χ4v) is 4.76. The summed E-state index contributed by atoms with van der Waals surface area (Å²) in [5, 5.41) is 3.94. The Kier molecular flexibility index (Phi) is 7.51. The van der Waals surface area contributed by atoms with Gasteiger partial charge >= 0.3 is 0 Å². The van der Waals surface area contributed by atoms with Crippen LogP contribution in [0.2, 0.25) is 0 Å². The van der Waals surface area contributed by atoms with E-state index in [0.29, 0.717) is 12.4 Å². The average molecular weight is 488 g/mol. The average Bonchev–Trinajstić information content (AvgIpc) is 3.30. The van der Waals surface area contributed by atoms with Gasteiger partial charge in [-0.25, -0.2) is 0 Å². The molecule has 180 valence electrons. The smallest absolute Gasteiger partial charge is 0.248 e. The molecule has 0 spiro atoms. The molecule has 0 bridgehead atoms. The maximum atomic E-state index is 12.9. The highest BCUT2D eigenvalue weighted by atomic mass is 32.2. The van der Waals surface area contributed by atoms with Crippen LogP contribution in [-0.2, 0) is 4.79 Å². The van der Waals surface area contributed by atoms with Gasteiger partial charge in [0.2, 0.25) is 5.91 Å². The van der Waals surface area contributed by atoms with Gasteiger partial charge in [-0.15, -0.1) is 11.8 Å². The zero-order valence-corrected chi connectivity index (χ0v) is 21.4. The van der Waals surface area contributed by atoms with Crippen LogP contribution in [0, 0.1) is 6.92 Å². The molecule has 1 heterocycles. The monoisotopic (exact) mass is 487 g/mol. The zero-order chi connectivity index (χ0) is 24.9. The molecule has 4 aromatic rings. The van der Waals surface area contributed by atoms with Crippen LogP contribution in [0.25, 0.3) is 27.7 Å². The number of hydrogen-bond donors (Lipinski definition) is 1. The molecule has 0 saturated carbocycles. The highest BCUT2D eigenvalue weighted by molar-refractivity contribution is 7.98. The van der Waals surface area contributed by atoms with Gasteiger partial charge in [-0.3, -0.25) is 4.79 Å². The lowest BCUT2D eigenvalue weighted by Gasteiger charge is -2.15. The fraction of sp³-hybridized carbons (Fsp3) is 0.207. The number of rotatable bonds is 8. The summed E-state index contributed by atoms with van der Waals surface area (Å²) in [6.07, 6.45) is 5.35. The molecule has 0 saturated heterocycles. The number of methoxy groups -OCH3 is 1. The molecule has 1 N–H and O–H groups in total. The number of carbonyl (C=O) groups is 1. The second-order valence-corrected chi connectivity index (χ2v) is 8.90. The van der Waals surface area contributed by atoms with E-state index in [-0.39, 0.29) is 5.91 Å². The molecule has 0 aliphatic carbocycles. The van der Waals surface area contributed by atoms with Gasteiger partial charge in [-0.05, 0) is 56.9 Å². The van der Waals surface area contributed by atoms with E-state index in [9.17, 15) is 4.79 Å². The molecule has 0 unspecified atom stereocenters. The highest BCUT2D eigenvalue weighted by Crippen LogP contribution is 2.42. The molecule has 0 atom stereocenters. The number of para-hydroxylation sites is 2. The first kappa shape index (κ1) is 24.5. The van der Waals surface area contributed by atoms with Gasteiger partial charge < -0.3 is 19.2 Å². The number of carbonyl (C=O) groups excluding carboxylic acids is 1. The number of thioether (sulfide) groups is 1. The number of anilines is 1. The Hall–Kier alpha value is -3.64. The second kappa shape index (κ2) is 10.7. The number of hydrogen-bond acceptors (Lipinski definition) is 5. The van der Waals surface area contributed by atoms with E-state index in [1.807, 2.05) is 81.6 Å². The van der Waals surface area contributed by atoms with E-state index in [1.54, 1.807) is 31.2 Å². The van der Waals surface area contributed by atoms with Crippen LogP contribution in [0.3, 0.4) is 0 Å². The molecule has 35 heavy (non-hydrogen) atoms. The first-order chi connectivity index (χ1) is 17.0. The molecule has 6 heteroatoms. The third-order valence-corrected chi connectivity index (χ3v) is 6.66. The Morgan fingerprint density at radius 1 is 1.11 bits per heavy atom. The third kappa shape index (κ3) is 4.93. The van der Waals surface area contributed by atoms with Crippen LogP contribution in [0.15, 0.2) is 76.2 Å². The number of benzene rings is 3. The van der Waals surface area contributed by atoms with Crippen molar-refractivity contribution in [1.82, 2.24) is 0 Å². The van der Waals surface area contributed by atoms with E-state index >= 15 is 0 Å². The zero-order valence-electron chi connectivity index (χ0n) is 20.6. The Labute approximate surface area is 210 Å². The molecule has 0 radical (unpaired) electrons. The minimum absolute atomic E-state index is 0.193. The van der Waals surface area contributed by atoms with Crippen LogP contribution >= 0.6 is 11.8 Å². The second-order valence-electron chi connectivity index (χ2n) is 8.05. The predicted octanol–water partition coefficient (Wildman–Crippen LogP) is 7.58. The summed E-state index contributed by atoms with van der Waals surface area (Å²) >= 11 is 1.59.